The summed E-state index contributed by atoms with van der Waals surface area (Å²) in [5.41, 5.74) is 0. The van der Waals surface area contributed by atoms with E-state index in [2.05, 4.69) is 43.3 Å². The van der Waals surface area contributed by atoms with Gasteiger partial charge in [0.2, 0.25) is 5.91 Å². The SMILES string of the molecule is CCNC(=NCCC(=O)N(CC)CC)NC(C)CCC(C)C. The van der Waals surface area contributed by atoms with Gasteiger partial charge in [0, 0.05) is 32.1 Å². The van der Waals surface area contributed by atoms with Crippen LogP contribution in [0, 0.1) is 5.92 Å². The maximum atomic E-state index is 12.0. The molecule has 0 aliphatic carbocycles. The number of hydrogen-bond donors (Lipinski definition) is 2. The highest BCUT2D eigenvalue weighted by atomic mass is 16.2. The second-order valence-electron chi connectivity index (χ2n) is 6.09. The van der Waals surface area contributed by atoms with E-state index < -0.39 is 0 Å². The van der Waals surface area contributed by atoms with Crippen molar-refractivity contribution in [3.05, 3.63) is 0 Å². The van der Waals surface area contributed by atoms with Crippen molar-refractivity contribution in [2.24, 2.45) is 10.9 Å². The summed E-state index contributed by atoms with van der Waals surface area (Å²) < 4.78 is 0. The first-order chi connectivity index (χ1) is 10.4. The molecule has 22 heavy (non-hydrogen) atoms. The molecule has 0 aromatic carbocycles. The van der Waals surface area contributed by atoms with E-state index in [9.17, 15) is 4.79 Å². The van der Waals surface area contributed by atoms with E-state index in [1.54, 1.807) is 0 Å². The van der Waals surface area contributed by atoms with Crippen LogP contribution >= 0.6 is 0 Å². The molecule has 0 aromatic rings. The van der Waals surface area contributed by atoms with Gasteiger partial charge in [-0.2, -0.15) is 0 Å². The lowest BCUT2D eigenvalue weighted by Crippen LogP contribution is -2.42. The molecule has 130 valence electrons. The average molecular weight is 313 g/mol. The Hall–Kier alpha value is -1.26. The van der Waals surface area contributed by atoms with Gasteiger partial charge in [0.15, 0.2) is 5.96 Å². The Morgan fingerprint density at radius 2 is 1.73 bits per heavy atom. The first kappa shape index (κ1) is 20.7. The van der Waals surface area contributed by atoms with Crippen LogP contribution < -0.4 is 10.6 Å². The molecule has 1 amide bonds. The molecular formula is C17H36N4O. The Morgan fingerprint density at radius 1 is 1.09 bits per heavy atom. The van der Waals surface area contributed by atoms with Crippen molar-refractivity contribution < 1.29 is 4.79 Å². The van der Waals surface area contributed by atoms with Gasteiger partial charge >= 0.3 is 0 Å². The van der Waals surface area contributed by atoms with Crippen molar-refractivity contribution in [2.45, 2.75) is 66.8 Å². The van der Waals surface area contributed by atoms with Crippen molar-refractivity contribution >= 4 is 11.9 Å². The molecule has 0 radical (unpaired) electrons. The molecule has 5 nitrogen and oxygen atoms in total. The van der Waals surface area contributed by atoms with Crippen molar-refractivity contribution in [2.75, 3.05) is 26.2 Å². The largest absolute Gasteiger partial charge is 0.357 e. The fourth-order valence-electron chi connectivity index (χ4n) is 2.21. The molecule has 0 aliphatic heterocycles. The first-order valence-corrected chi connectivity index (χ1v) is 8.77. The number of rotatable bonds is 10. The molecule has 2 N–H and O–H groups in total. The van der Waals surface area contributed by atoms with Crippen LogP contribution in [0.25, 0.3) is 0 Å². The molecule has 0 heterocycles. The fraction of sp³-hybridized carbons (Fsp3) is 0.882. The molecule has 5 heteroatoms. The number of guanidine groups is 1. The number of aliphatic imine (C=N–C) groups is 1. The Kier molecular flexibility index (Phi) is 11.6. The predicted octanol–water partition coefficient (Wildman–Crippen LogP) is 2.62. The van der Waals surface area contributed by atoms with Gasteiger partial charge in [-0.3, -0.25) is 9.79 Å². The van der Waals surface area contributed by atoms with Gasteiger partial charge in [0.1, 0.15) is 0 Å². The molecular weight excluding hydrogens is 276 g/mol. The number of amides is 1. The second kappa shape index (κ2) is 12.3. The van der Waals surface area contributed by atoms with E-state index in [0.29, 0.717) is 19.0 Å². The third-order valence-corrected chi connectivity index (χ3v) is 3.62. The van der Waals surface area contributed by atoms with Crippen molar-refractivity contribution in [1.29, 1.82) is 0 Å². The van der Waals surface area contributed by atoms with Gasteiger partial charge in [-0.15, -0.1) is 0 Å². The monoisotopic (exact) mass is 312 g/mol. The second-order valence-corrected chi connectivity index (χ2v) is 6.09. The van der Waals surface area contributed by atoms with E-state index in [1.807, 2.05) is 18.7 Å². The van der Waals surface area contributed by atoms with Crippen molar-refractivity contribution in [1.82, 2.24) is 15.5 Å². The third kappa shape index (κ3) is 9.64. The van der Waals surface area contributed by atoms with Gasteiger partial charge in [0.25, 0.3) is 0 Å². The fourth-order valence-corrected chi connectivity index (χ4v) is 2.21. The summed E-state index contributed by atoms with van der Waals surface area (Å²) in [5.74, 6) is 1.71. The molecule has 0 saturated heterocycles. The number of carbonyl (C=O) groups is 1. The van der Waals surface area contributed by atoms with Crippen LogP contribution in [0.5, 0.6) is 0 Å². The molecule has 0 fully saturated rings. The van der Waals surface area contributed by atoms with Crippen LogP contribution in [0.3, 0.4) is 0 Å². The summed E-state index contributed by atoms with van der Waals surface area (Å²) >= 11 is 0. The summed E-state index contributed by atoms with van der Waals surface area (Å²) in [4.78, 5) is 18.3. The van der Waals surface area contributed by atoms with E-state index in [1.165, 1.54) is 6.42 Å². The third-order valence-electron chi connectivity index (χ3n) is 3.62. The number of nitrogens with one attached hydrogen (secondary N) is 2. The summed E-state index contributed by atoms with van der Waals surface area (Å²) in [6.45, 7) is 15.6. The molecule has 0 aromatic heterocycles. The van der Waals surface area contributed by atoms with Crippen LogP contribution in [0.4, 0.5) is 0 Å². The van der Waals surface area contributed by atoms with Gasteiger partial charge in [-0.05, 0) is 46.5 Å². The topological polar surface area (TPSA) is 56.7 Å². The number of carbonyl (C=O) groups excluding carboxylic acids is 1. The number of nitrogens with zero attached hydrogens (tertiary/aromatic N) is 2. The Labute approximate surface area is 136 Å². The molecule has 0 saturated carbocycles. The predicted molar refractivity (Wildman–Crippen MR) is 95.2 cm³/mol. The summed E-state index contributed by atoms with van der Waals surface area (Å²) in [5, 5.41) is 6.66. The zero-order valence-electron chi connectivity index (χ0n) is 15.4. The molecule has 1 atom stereocenters. The average Bonchev–Trinajstić information content (AvgIpc) is 2.46. The minimum absolute atomic E-state index is 0.178. The lowest BCUT2D eigenvalue weighted by atomic mass is 10.0. The molecule has 1 unspecified atom stereocenters. The smallest absolute Gasteiger partial charge is 0.224 e. The van der Waals surface area contributed by atoms with Crippen LogP contribution in [0.1, 0.15) is 60.8 Å². The van der Waals surface area contributed by atoms with Crippen molar-refractivity contribution in [3.63, 3.8) is 0 Å². The normalized spacial score (nSPS) is 13.1. The number of hydrogen-bond acceptors (Lipinski definition) is 2. The summed E-state index contributed by atoms with van der Waals surface area (Å²) in [7, 11) is 0. The Morgan fingerprint density at radius 3 is 2.23 bits per heavy atom. The first-order valence-electron chi connectivity index (χ1n) is 8.77. The van der Waals surface area contributed by atoms with Crippen molar-refractivity contribution in [3.8, 4) is 0 Å². The van der Waals surface area contributed by atoms with Crippen LogP contribution in [0.2, 0.25) is 0 Å². The van der Waals surface area contributed by atoms with E-state index in [-0.39, 0.29) is 5.91 Å². The Bertz CT molecular complexity index is 325. The van der Waals surface area contributed by atoms with Crippen LogP contribution in [0.15, 0.2) is 4.99 Å². The highest BCUT2D eigenvalue weighted by Gasteiger charge is 2.09. The van der Waals surface area contributed by atoms with Crippen LogP contribution in [-0.4, -0.2) is 49.0 Å². The van der Waals surface area contributed by atoms with Gasteiger partial charge in [-0.1, -0.05) is 13.8 Å². The highest BCUT2D eigenvalue weighted by molar-refractivity contribution is 5.81. The quantitative estimate of drug-likeness (QED) is 0.481. The maximum absolute atomic E-state index is 12.0. The van der Waals surface area contributed by atoms with E-state index in [4.69, 9.17) is 0 Å². The maximum Gasteiger partial charge on any atom is 0.224 e. The minimum Gasteiger partial charge on any atom is -0.357 e. The van der Waals surface area contributed by atoms with E-state index in [0.717, 1.165) is 37.9 Å². The zero-order chi connectivity index (χ0) is 17.0. The Balaban J connectivity index is 4.33. The summed E-state index contributed by atoms with van der Waals surface area (Å²) in [6.07, 6.45) is 2.80. The summed E-state index contributed by atoms with van der Waals surface area (Å²) in [6, 6.07) is 0.388. The lowest BCUT2D eigenvalue weighted by molar-refractivity contribution is -0.130. The van der Waals surface area contributed by atoms with E-state index >= 15 is 0 Å². The van der Waals surface area contributed by atoms with Gasteiger partial charge in [0.05, 0.1) is 6.54 Å². The zero-order valence-corrected chi connectivity index (χ0v) is 15.4. The van der Waals surface area contributed by atoms with Gasteiger partial charge < -0.3 is 15.5 Å². The molecule has 0 bridgehead atoms. The lowest BCUT2D eigenvalue weighted by Gasteiger charge is -2.19. The minimum atomic E-state index is 0.178. The molecule has 0 spiro atoms. The molecule has 0 aliphatic rings. The van der Waals surface area contributed by atoms with Crippen LogP contribution in [-0.2, 0) is 4.79 Å². The highest BCUT2D eigenvalue weighted by Crippen LogP contribution is 2.06. The molecule has 0 rings (SSSR count). The standard InChI is InChI=1S/C17H36N4O/c1-7-18-17(20-15(6)11-10-14(4)5)19-13-12-16(22)21(8-2)9-3/h14-15H,7-13H2,1-6H3,(H2,18,19,20). The van der Waals surface area contributed by atoms with Gasteiger partial charge in [-0.25, -0.2) is 0 Å².